The Labute approximate surface area is 740 Å². The van der Waals surface area contributed by atoms with E-state index in [-0.39, 0.29) is 121 Å². The van der Waals surface area contributed by atoms with Gasteiger partial charge in [0.2, 0.25) is 94.5 Å². The van der Waals surface area contributed by atoms with E-state index < -0.39 is 210 Å². The van der Waals surface area contributed by atoms with Crippen LogP contribution in [0.4, 0.5) is 0 Å². The van der Waals surface area contributed by atoms with E-state index >= 15 is 28.8 Å². The smallest absolute Gasteiger partial charge is 0.305 e. The SMILES string of the molecule is CCCC[C@H]1C(=O)N(C)[C@@H](CCCC)C(=O)N[C@@H](C)C(=O)N[C@H](C(=O)NCC(N)=O)CSCC(=O)N[C@@H](Cc2ccc(O)cc2)C(=O)N2CCC[C@H]2C(=O)N[C@@H](CC(=O)O)C(=O)N2CCC[C@H]2C(=O)N[C@@H](CN)C(=O)N[C@@H](CC(C)C)C(=O)N2CCC[C@H]2C(=O)N[C@@H](Cc2c[nH]c3ccccc23)C(=O)N[C@@H](CCN)C(=O)N[C@@H](Cc2c[nH]c3ccccc23)C(=O)N1C. The molecule has 0 bridgehead atoms. The number of hydrogen-bond acceptors (Lipinski definition) is 21. The van der Waals surface area contributed by atoms with Gasteiger partial charge < -0.3 is 115 Å². The summed E-state index contributed by atoms with van der Waals surface area (Å²) in [5.74, 6) is -16.4. The van der Waals surface area contributed by atoms with Gasteiger partial charge in [0.15, 0.2) is 0 Å². The first-order valence-electron chi connectivity index (χ1n) is 43.5. The Morgan fingerprint density at radius 3 is 1.50 bits per heavy atom. The van der Waals surface area contributed by atoms with Gasteiger partial charge in [-0.15, -0.1) is 11.8 Å². The number of carboxylic acid groups (broad SMARTS) is 1. The zero-order valence-corrected chi connectivity index (χ0v) is 73.7. The molecule has 16 amide bonds. The number of benzene rings is 3. The lowest BCUT2D eigenvalue weighted by Crippen LogP contribution is -2.61. The molecule has 0 unspecified atom stereocenters. The minimum Gasteiger partial charge on any atom is -0.508 e. The molecule has 4 aliphatic heterocycles. The molecular weight excluding hydrogens is 1660 g/mol. The number of carbonyl (C=O) groups is 17. The molecule has 0 radical (unpaired) electrons. The quantitative estimate of drug-likeness (QED) is 0.0393. The van der Waals surface area contributed by atoms with Crippen LogP contribution in [0.2, 0.25) is 0 Å². The maximum absolute atomic E-state index is 15.7. The van der Waals surface area contributed by atoms with Gasteiger partial charge in [-0.05, 0) is 125 Å². The van der Waals surface area contributed by atoms with Crippen molar-refractivity contribution in [3.8, 4) is 5.75 Å². The fraction of sp³-hybridized carbons (Fsp3) is 0.552. The van der Waals surface area contributed by atoms with Crippen LogP contribution >= 0.6 is 11.8 Å². The highest BCUT2D eigenvalue weighted by Crippen LogP contribution is 2.29. The number of para-hydroxylation sites is 2. The van der Waals surface area contributed by atoms with E-state index in [2.05, 4.69) is 63.1 Å². The number of aromatic nitrogens is 2. The molecule has 20 N–H and O–H groups in total. The molecule has 5 aromatic rings. The minimum atomic E-state index is -1.83. The van der Waals surface area contributed by atoms with Crippen molar-refractivity contribution in [3.63, 3.8) is 0 Å². The van der Waals surface area contributed by atoms with E-state index in [1.165, 1.54) is 64.9 Å². The third-order valence-electron chi connectivity index (χ3n) is 23.5. The van der Waals surface area contributed by atoms with Crippen molar-refractivity contribution in [2.45, 2.75) is 235 Å². The molecule has 14 atom stereocenters. The Kier molecular flexibility index (Phi) is 36.4. The van der Waals surface area contributed by atoms with E-state index in [1.807, 2.05) is 44.2 Å². The molecule has 4 saturated heterocycles. The largest absolute Gasteiger partial charge is 0.508 e. The second-order valence-electron chi connectivity index (χ2n) is 33.3. The zero-order valence-electron chi connectivity index (χ0n) is 72.8. The number of H-pyrrole nitrogens is 2. The number of fused-ring (bicyclic) bond motifs is 5. The summed E-state index contributed by atoms with van der Waals surface area (Å²) < 4.78 is 0. The predicted molar refractivity (Wildman–Crippen MR) is 469 cm³/mol. The molecule has 0 aliphatic carbocycles. The monoisotopic (exact) mass is 1780 g/mol. The Balaban J connectivity index is 1.06. The predicted octanol–water partition coefficient (Wildman–Crippen LogP) is -1.05. The lowest BCUT2D eigenvalue weighted by atomic mass is 9.99. The number of nitrogens with two attached hydrogens (primary N) is 3. The Bertz CT molecular complexity index is 4790. The molecule has 4 aliphatic rings. The maximum Gasteiger partial charge on any atom is 0.305 e. The van der Waals surface area contributed by atoms with Crippen LogP contribution in [0.1, 0.15) is 148 Å². The third kappa shape index (κ3) is 26.5. The number of nitrogens with one attached hydrogen (secondary N) is 12. The average molecular weight is 1780 g/mol. The zero-order chi connectivity index (χ0) is 92.5. The van der Waals surface area contributed by atoms with Crippen LogP contribution in [-0.4, -0.2) is 295 Å². The van der Waals surface area contributed by atoms with Gasteiger partial charge in [0.25, 0.3) is 0 Å². The number of likely N-dealkylation sites (N-methyl/N-ethyl adjacent to an activating group) is 2. The van der Waals surface area contributed by atoms with E-state index in [4.69, 9.17) is 17.2 Å². The van der Waals surface area contributed by atoms with E-state index in [9.17, 15) is 63.0 Å². The van der Waals surface area contributed by atoms with Gasteiger partial charge in [-0.25, -0.2) is 0 Å². The molecule has 40 heteroatoms. The van der Waals surface area contributed by atoms with Gasteiger partial charge in [-0.1, -0.05) is 102 Å². The Morgan fingerprint density at radius 1 is 0.512 bits per heavy atom. The molecule has 4 fully saturated rings. The number of nitrogens with zero attached hydrogens (tertiary/aromatic N) is 5. The fourth-order valence-corrected chi connectivity index (χ4v) is 17.5. The average Bonchev–Trinajstić information content (AvgIpc) is 1.71. The Morgan fingerprint density at radius 2 is 0.976 bits per heavy atom. The summed E-state index contributed by atoms with van der Waals surface area (Å²) in [5.41, 5.74) is 20.8. The van der Waals surface area contributed by atoms with Crippen LogP contribution in [0.25, 0.3) is 21.8 Å². The van der Waals surface area contributed by atoms with Crippen molar-refractivity contribution in [1.29, 1.82) is 0 Å². The molecular formula is C87H122N20O19S. The summed E-state index contributed by atoms with van der Waals surface area (Å²) in [5, 5.41) is 48.5. The van der Waals surface area contributed by atoms with Crippen LogP contribution in [-0.2, 0) is 101 Å². The van der Waals surface area contributed by atoms with Crippen molar-refractivity contribution in [2.75, 3.05) is 64.9 Å². The summed E-state index contributed by atoms with van der Waals surface area (Å²) in [7, 11) is 2.79. The number of aromatic amines is 2. The summed E-state index contributed by atoms with van der Waals surface area (Å²) in [6.07, 6.45) is 4.37. The summed E-state index contributed by atoms with van der Waals surface area (Å²) >= 11 is 0.802. The van der Waals surface area contributed by atoms with Gasteiger partial charge >= 0.3 is 5.97 Å². The van der Waals surface area contributed by atoms with Crippen LogP contribution in [0, 0.1) is 5.92 Å². The van der Waals surface area contributed by atoms with Crippen LogP contribution in [0.15, 0.2) is 85.2 Å². The maximum atomic E-state index is 15.7. The highest BCUT2D eigenvalue weighted by Gasteiger charge is 2.46. The number of aromatic hydroxyl groups is 1. The van der Waals surface area contributed by atoms with Crippen LogP contribution in [0.5, 0.6) is 5.75 Å². The van der Waals surface area contributed by atoms with Crippen molar-refractivity contribution in [3.05, 3.63) is 102 Å². The lowest BCUT2D eigenvalue weighted by Gasteiger charge is -2.36. The van der Waals surface area contributed by atoms with Crippen molar-refractivity contribution in [2.24, 2.45) is 23.1 Å². The van der Waals surface area contributed by atoms with E-state index in [0.29, 0.717) is 70.6 Å². The van der Waals surface area contributed by atoms with Crippen LogP contribution < -0.4 is 70.4 Å². The molecule has 6 heterocycles. The molecule has 127 heavy (non-hydrogen) atoms. The number of unbranched alkanes of at least 4 members (excludes halogenated alkanes) is 2. The summed E-state index contributed by atoms with van der Waals surface area (Å²) in [4.78, 5) is 260. The minimum absolute atomic E-state index is 0.00219. The summed E-state index contributed by atoms with van der Waals surface area (Å²) in [6.45, 7) is 7.07. The highest BCUT2D eigenvalue weighted by molar-refractivity contribution is 8.00. The van der Waals surface area contributed by atoms with Crippen molar-refractivity contribution >= 4 is 134 Å². The van der Waals surface area contributed by atoms with Gasteiger partial charge in [0, 0.05) is 99.5 Å². The van der Waals surface area contributed by atoms with Crippen molar-refractivity contribution in [1.82, 2.24) is 87.6 Å². The van der Waals surface area contributed by atoms with Crippen LogP contribution in [0.3, 0.4) is 0 Å². The van der Waals surface area contributed by atoms with Gasteiger partial charge in [0.05, 0.1) is 18.7 Å². The van der Waals surface area contributed by atoms with Gasteiger partial charge in [-0.2, -0.15) is 0 Å². The molecule has 9 rings (SSSR count). The molecule has 690 valence electrons. The Hall–Kier alpha value is -12.2. The topological polar surface area (TPSA) is 577 Å². The number of carboxylic acids is 1. The first-order chi connectivity index (χ1) is 60.6. The molecule has 0 spiro atoms. The molecule has 2 aromatic heterocycles. The first-order valence-corrected chi connectivity index (χ1v) is 44.6. The van der Waals surface area contributed by atoms with Gasteiger partial charge in [0.1, 0.15) is 90.3 Å². The fourth-order valence-electron chi connectivity index (χ4n) is 16.6. The number of phenolic OH excluding ortho intramolecular Hbond substituents is 1. The van der Waals surface area contributed by atoms with E-state index in [1.54, 1.807) is 44.4 Å². The highest BCUT2D eigenvalue weighted by atomic mass is 32.2. The van der Waals surface area contributed by atoms with E-state index in [0.717, 1.165) is 16.7 Å². The van der Waals surface area contributed by atoms with Gasteiger partial charge in [-0.3, -0.25) is 81.5 Å². The number of hydrogen-bond donors (Lipinski definition) is 17. The normalized spacial score (nSPS) is 25.5. The number of primary amides is 1. The molecule has 39 nitrogen and oxygen atoms in total. The summed E-state index contributed by atoms with van der Waals surface area (Å²) in [6, 6.07) is -0.0167. The van der Waals surface area contributed by atoms with Crippen molar-refractivity contribution < 1.29 is 91.7 Å². The first kappa shape index (κ1) is 98.6. The number of aliphatic carboxylic acids is 1. The molecule has 3 aromatic carbocycles. The number of carbonyl (C=O) groups excluding carboxylic acids is 16. The number of phenols is 1. The molecule has 0 saturated carbocycles. The standard InChI is InChI=1S/C87H122N20O19S/c1-8-10-23-66-79(118)94-49(5)74(113)102-65(75(114)93-45-71(90)109)46-127-47-72(110)95-61(38-50-28-30-53(108)31-29-50)85(124)106-35-17-26-68(106)81(120)100-63(41-73(111)112)86(125)107-36-18-27-69(107)82(121)101-64(42-89)78(117)98-60(37-48(3)4)84(123)105-34-16-25-67(105)80(119)97-59(39-51-43-91-56-21-14-12-19-54(51)56)77(116)96-58(32-33-88)76(115)99-62(40-52-44-92-57-22-15-13-20-55(52)57)83(122)104(7)70(24-11-9-2)87(126)103(66)6/h12-15,19-22,28-31,43-44,48-49,58-70,91-92,108H,8-11,16-18,23-27,32-42,45-47,88-89H2,1-7H3,(H2,90,109)(H,93,114)(H,94,118)(H,95,110)(H,96,116)(H,97,119)(H,98,117)(H,99,115)(H,100,120)(H,101,121)(H,102,113)(H,111,112)/t49-,58-,59-,60-,61-,62-,63-,64-,65-,66-,67-,68-,69-,70-/m0/s1. The second kappa shape index (κ2) is 46.9. The number of amides is 16. The number of rotatable bonds is 22. The third-order valence-corrected chi connectivity index (χ3v) is 24.5. The lowest BCUT2D eigenvalue weighted by molar-refractivity contribution is -0.149. The number of thioether (sulfide) groups is 1. The second-order valence-corrected chi connectivity index (χ2v) is 34.3.